The number of hydrogen-bond acceptors (Lipinski definition) is 5. The van der Waals surface area contributed by atoms with Gasteiger partial charge < -0.3 is 5.73 Å². The minimum Gasteiger partial charge on any atom is -0.329 e. The van der Waals surface area contributed by atoms with Crippen LogP contribution < -0.4 is 10.5 Å². The minimum absolute atomic E-state index is 0.161. The lowest BCUT2D eigenvalue weighted by Gasteiger charge is -2.20. The Labute approximate surface area is 143 Å². The van der Waals surface area contributed by atoms with Gasteiger partial charge in [-0.3, -0.25) is 0 Å². The summed E-state index contributed by atoms with van der Waals surface area (Å²) >= 11 is 0. The Hall–Kier alpha value is -1.00. The lowest BCUT2D eigenvalue weighted by atomic mass is 10.2. The maximum Gasteiger partial charge on any atom is 0.244 e. The first-order valence-electron chi connectivity index (χ1n) is 8.18. The SMILES string of the molecule is NCC(NS(=O)(=O)c1ccccc1S(=O)(=O)N1CCCC1)C1CC1. The van der Waals surface area contributed by atoms with Gasteiger partial charge in [-0.15, -0.1) is 0 Å². The van der Waals surface area contributed by atoms with Gasteiger partial charge in [-0.1, -0.05) is 12.1 Å². The molecule has 3 rings (SSSR count). The molecule has 0 aromatic heterocycles. The average molecular weight is 374 g/mol. The van der Waals surface area contributed by atoms with E-state index < -0.39 is 20.0 Å². The van der Waals surface area contributed by atoms with Crippen LogP contribution in [0.1, 0.15) is 25.7 Å². The first kappa shape index (κ1) is 17.8. The van der Waals surface area contributed by atoms with Crippen molar-refractivity contribution in [1.82, 2.24) is 9.03 Å². The van der Waals surface area contributed by atoms with Crippen molar-refractivity contribution in [2.24, 2.45) is 11.7 Å². The van der Waals surface area contributed by atoms with E-state index in [0.29, 0.717) is 13.1 Å². The molecule has 2 fully saturated rings. The summed E-state index contributed by atoms with van der Waals surface area (Å²) in [7, 11) is -7.77. The summed E-state index contributed by atoms with van der Waals surface area (Å²) in [6.45, 7) is 1.06. The molecule has 1 aliphatic heterocycles. The quantitative estimate of drug-likeness (QED) is 0.723. The summed E-state index contributed by atoms with van der Waals surface area (Å²) in [5.41, 5.74) is 5.67. The number of hydrogen-bond donors (Lipinski definition) is 2. The van der Waals surface area contributed by atoms with E-state index in [1.54, 1.807) is 6.07 Å². The van der Waals surface area contributed by atoms with E-state index in [0.717, 1.165) is 25.7 Å². The summed E-state index contributed by atoms with van der Waals surface area (Å²) in [6.07, 6.45) is 3.48. The maximum absolute atomic E-state index is 12.8. The van der Waals surface area contributed by atoms with E-state index in [4.69, 9.17) is 5.73 Å². The fourth-order valence-electron chi connectivity index (χ4n) is 3.05. The molecule has 1 aliphatic carbocycles. The molecule has 1 heterocycles. The van der Waals surface area contributed by atoms with Gasteiger partial charge in [0.15, 0.2) is 0 Å². The van der Waals surface area contributed by atoms with Crippen molar-refractivity contribution in [3.05, 3.63) is 24.3 Å². The molecule has 0 amide bonds. The first-order chi connectivity index (χ1) is 11.4. The van der Waals surface area contributed by atoms with Crippen LogP contribution in [-0.4, -0.2) is 46.8 Å². The van der Waals surface area contributed by atoms with E-state index in [9.17, 15) is 16.8 Å². The Balaban J connectivity index is 1.96. The summed E-state index contributed by atoms with van der Waals surface area (Å²) in [4.78, 5) is -0.359. The van der Waals surface area contributed by atoms with E-state index >= 15 is 0 Å². The van der Waals surface area contributed by atoms with Crippen LogP contribution in [0.2, 0.25) is 0 Å². The van der Waals surface area contributed by atoms with Gasteiger partial charge in [-0.05, 0) is 43.7 Å². The van der Waals surface area contributed by atoms with Crippen LogP contribution in [0.25, 0.3) is 0 Å². The molecule has 2 aliphatic rings. The monoisotopic (exact) mass is 373 g/mol. The topological polar surface area (TPSA) is 110 Å². The number of nitrogens with two attached hydrogens (primary N) is 1. The first-order valence-corrected chi connectivity index (χ1v) is 11.1. The van der Waals surface area contributed by atoms with E-state index in [1.165, 1.54) is 22.5 Å². The molecule has 1 saturated carbocycles. The highest BCUT2D eigenvalue weighted by atomic mass is 32.2. The fraction of sp³-hybridized carbons (Fsp3) is 0.600. The third-order valence-electron chi connectivity index (χ3n) is 4.57. The largest absolute Gasteiger partial charge is 0.329 e. The molecule has 7 nitrogen and oxygen atoms in total. The Morgan fingerprint density at radius 1 is 1.08 bits per heavy atom. The van der Waals surface area contributed by atoms with Crippen LogP contribution in [0.15, 0.2) is 34.1 Å². The second-order valence-corrected chi connectivity index (χ2v) is 9.95. The van der Waals surface area contributed by atoms with Gasteiger partial charge in [0.2, 0.25) is 20.0 Å². The van der Waals surface area contributed by atoms with Gasteiger partial charge >= 0.3 is 0 Å². The smallest absolute Gasteiger partial charge is 0.244 e. The van der Waals surface area contributed by atoms with Gasteiger partial charge in [-0.25, -0.2) is 21.6 Å². The highest BCUT2D eigenvalue weighted by Crippen LogP contribution is 2.33. The fourth-order valence-corrected chi connectivity index (χ4v) is 6.69. The van der Waals surface area contributed by atoms with Crippen LogP contribution in [0.4, 0.5) is 0 Å². The summed E-state index contributed by atoms with van der Waals surface area (Å²) < 4.78 is 55.1. The second kappa shape index (κ2) is 6.72. The summed E-state index contributed by atoms with van der Waals surface area (Å²) in [5, 5.41) is 0. The van der Waals surface area contributed by atoms with Crippen molar-refractivity contribution in [2.45, 2.75) is 41.5 Å². The zero-order valence-electron chi connectivity index (χ0n) is 13.4. The number of benzene rings is 1. The van der Waals surface area contributed by atoms with Crippen LogP contribution in [0, 0.1) is 5.92 Å². The summed E-state index contributed by atoms with van der Waals surface area (Å²) in [5.74, 6) is 0.243. The van der Waals surface area contributed by atoms with E-state index in [2.05, 4.69) is 4.72 Å². The molecule has 24 heavy (non-hydrogen) atoms. The standard InChI is InChI=1S/C15H23N3O4S2/c16-11-13(12-7-8-12)17-23(19,20)14-5-1-2-6-15(14)24(21,22)18-9-3-4-10-18/h1-2,5-6,12-13,17H,3-4,7-11,16H2. The van der Waals surface area contributed by atoms with Crippen molar-refractivity contribution in [3.63, 3.8) is 0 Å². The predicted molar refractivity (Wildman–Crippen MR) is 90.3 cm³/mol. The lowest BCUT2D eigenvalue weighted by molar-refractivity contribution is 0.474. The van der Waals surface area contributed by atoms with Crippen molar-refractivity contribution < 1.29 is 16.8 Å². The molecular formula is C15H23N3O4S2. The van der Waals surface area contributed by atoms with E-state index in [1.807, 2.05) is 0 Å². The molecular weight excluding hydrogens is 350 g/mol. The number of nitrogens with zero attached hydrogens (tertiary/aromatic N) is 1. The highest BCUT2D eigenvalue weighted by Gasteiger charge is 2.36. The zero-order valence-corrected chi connectivity index (χ0v) is 15.0. The zero-order chi connectivity index (χ0) is 17.4. The Morgan fingerprint density at radius 3 is 2.21 bits per heavy atom. The molecule has 1 unspecified atom stereocenters. The Morgan fingerprint density at radius 2 is 1.67 bits per heavy atom. The van der Waals surface area contributed by atoms with Gasteiger partial charge in [0.25, 0.3) is 0 Å². The minimum atomic E-state index is -3.96. The van der Waals surface area contributed by atoms with Crippen molar-refractivity contribution in [1.29, 1.82) is 0 Å². The number of nitrogens with one attached hydrogen (secondary N) is 1. The molecule has 0 bridgehead atoms. The molecule has 1 saturated heterocycles. The molecule has 3 N–H and O–H groups in total. The highest BCUT2D eigenvalue weighted by molar-refractivity contribution is 7.92. The van der Waals surface area contributed by atoms with Gasteiger partial charge in [-0.2, -0.15) is 4.31 Å². The molecule has 0 radical (unpaired) electrons. The number of rotatable bonds is 7. The second-order valence-electron chi connectivity index (χ2n) is 6.36. The van der Waals surface area contributed by atoms with Gasteiger partial charge in [0.1, 0.15) is 9.79 Å². The molecule has 9 heteroatoms. The Bertz CT molecular complexity index is 798. The average Bonchev–Trinajstić information content (AvgIpc) is 3.25. The molecule has 0 spiro atoms. The van der Waals surface area contributed by atoms with Crippen molar-refractivity contribution in [3.8, 4) is 0 Å². The number of sulfonamides is 2. The third-order valence-corrected chi connectivity index (χ3v) is 8.21. The molecule has 134 valence electrons. The van der Waals surface area contributed by atoms with Crippen LogP contribution in [-0.2, 0) is 20.0 Å². The van der Waals surface area contributed by atoms with Crippen LogP contribution >= 0.6 is 0 Å². The lowest BCUT2D eigenvalue weighted by Crippen LogP contribution is -2.42. The predicted octanol–water partition coefficient (Wildman–Crippen LogP) is 0.487. The van der Waals surface area contributed by atoms with E-state index in [-0.39, 0.29) is 28.3 Å². The third kappa shape index (κ3) is 3.50. The van der Waals surface area contributed by atoms with Gasteiger partial charge in [0, 0.05) is 25.7 Å². The van der Waals surface area contributed by atoms with Gasteiger partial charge in [0.05, 0.1) is 0 Å². The van der Waals surface area contributed by atoms with Crippen molar-refractivity contribution in [2.75, 3.05) is 19.6 Å². The van der Waals surface area contributed by atoms with Crippen LogP contribution in [0.3, 0.4) is 0 Å². The molecule has 1 aromatic carbocycles. The Kier molecular flexibility index (Phi) is 4.99. The maximum atomic E-state index is 12.8. The van der Waals surface area contributed by atoms with Crippen LogP contribution in [0.5, 0.6) is 0 Å². The summed E-state index contributed by atoms with van der Waals surface area (Å²) in [6, 6.07) is 5.43. The van der Waals surface area contributed by atoms with Crippen molar-refractivity contribution >= 4 is 20.0 Å². The molecule has 1 aromatic rings. The normalized spacial score (nSPS) is 21.0. The molecule has 1 atom stereocenters.